The van der Waals surface area contributed by atoms with Crippen molar-refractivity contribution in [3.8, 4) is 0 Å². The third-order valence-electron chi connectivity index (χ3n) is 3.58. The van der Waals surface area contributed by atoms with Crippen LogP contribution in [-0.2, 0) is 21.8 Å². The number of sulfonamides is 1. The van der Waals surface area contributed by atoms with Gasteiger partial charge in [-0.2, -0.15) is 4.31 Å². The van der Waals surface area contributed by atoms with E-state index >= 15 is 0 Å². The summed E-state index contributed by atoms with van der Waals surface area (Å²) in [6, 6.07) is 1.08. The van der Waals surface area contributed by atoms with Gasteiger partial charge >= 0.3 is 5.97 Å². The number of hydrogen-bond donors (Lipinski definition) is 1. The highest BCUT2D eigenvalue weighted by molar-refractivity contribution is 7.89. The maximum absolute atomic E-state index is 12.5. The Kier molecular flexibility index (Phi) is 4.17. The van der Waals surface area contributed by atoms with Gasteiger partial charge in [-0.3, -0.25) is 0 Å². The molecule has 1 saturated heterocycles. The lowest BCUT2D eigenvalue weighted by Crippen LogP contribution is -2.40. The first-order valence-electron chi connectivity index (χ1n) is 6.29. The van der Waals surface area contributed by atoms with Gasteiger partial charge in [0.2, 0.25) is 10.0 Å². The van der Waals surface area contributed by atoms with E-state index in [1.807, 2.05) is 0 Å². The SMILES string of the molecule is CN(C1CCOCC1)S(=O)(=O)c1cc(C(=O)O)n(C)c1. The van der Waals surface area contributed by atoms with Crippen LogP contribution in [-0.4, -0.2) is 54.7 Å². The van der Waals surface area contributed by atoms with E-state index in [2.05, 4.69) is 0 Å². The Hall–Kier alpha value is -1.38. The fourth-order valence-corrected chi connectivity index (χ4v) is 3.79. The van der Waals surface area contributed by atoms with Crippen LogP contribution in [0.1, 0.15) is 23.3 Å². The fraction of sp³-hybridized carbons (Fsp3) is 0.583. The second kappa shape index (κ2) is 5.55. The molecule has 2 rings (SSSR count). The van der Waals surface area contributed by atoms with Gasteiger partial charge in [-0.1, -0.05) is 0 Å². The van der Waals surface area contributed by atoms with Crippen LogP contribution in [0.3, 0.4) is 0 Å². The molecular formula is C12H18N2O5S. The van der Waals surface area contributed by atoms with Crippen LogP contribution in [0.25, 0.3) is 0 Å². The fourth-order valence-electron chi connectivity index (χ4n) is 2.30. The largest absolute Gasteiger partial charge is 0.477 e. The molecule has 0 spiro atoms. The molecule has 8 heteroatoms. The van der Waals surface area contributed by atoms with Crippen molar-refractivity contribution in [1.29, 1.82) is 0 Å². The third kappa shape index (κ3) is 2.72. The van der Waals surface area contributed by atoms with Gasteiger partial charge in [-0.25, -0.2) is 13.2 Å². The Morgan fingerprint density at radius 3 is 2.55 bits per heavy atom. The lowest BCUT2D eigenvalue weighted by atomic mass is 10.1. The second-order valence-electron chi connectivity index (χ2n) is 4.84. The number of rotatable bonds is 4. The van der Waals surface area contributed by atoms with Crippen molar-refractivity contribution in [2.75, 3.05) is 20.3 Å². The molecule has 1 aliphatic heterocycles. The number of hydrogen-bond acceptors (Lipinski definition) is 4. The van der Waals surface area contributed by atoms with Crippen molar-refractivity contribution in [2.24, 2.45) is 7.05 Å². The molecular weight excluding hydrogens is 284 g/mol. The quantitative estimate of drug-likeness (QED) is 0.876. The minimum absolute atomic E-state index is 0.00592. The van der Waals surface area contributed by atoms with Crippen molar-refractivity contribution in [2.45, 2.75) is 23.8 Å². The van der Waals surface area contributed by atoms with E-state index in [-0.39, 0.29) is 16.6 Å². The maximum atomic E-state index is 12.5. The molecule has 1 fully saturated rings. The lowest BCUT2D eigenvalue weighted by Gasteiger charge is -2.30. The predicted octanol–water partition coefficient (Wildman–Crippen LogP) is 0.523. The molecule has 7 nitrogen and oxygen atoms in total. The van der Waals surface area contributed by atoms with Gasteiger partial charge in [0.25, 0.3) is 0 Å². The molecule has 112 valence electrons. The van der Waals surface area contributed by atoms with Crippen LogP contribution < -0.4 is 0 Å². The van der Waals surface area contributed by atoms with Gasteiger partial charge < -0.3 is 14.4 Å². The first kappa shape index (κ1) is 15.0. The van der Waals surface area contributed by atoms with Crippen molar-refractivity contribution in [3.63, 3.8) is 0 Å². The zero-order valence-corrected chi connectivity index (χ0v) is 12.3. The molecule has 0 aliphatic carbocycles. The molecule has 2 heterocycles. The minimum atomic E-state index is -3.68. The molecule has 0 radical (unpaired) electrons. The minimum Gasteiger partial charge on any atom is -0.477 e. The summed E-state index contributed by atoms with van der Waals surface area (Å²) in [5.74, 6) is -1.15. The van der Waals surface area contributed by atoms with Gasteiger partial charge in [0.05, 0.1) is 0 Å². The number of aromatic carboxylic acids is 1. The third-order valence-corrected chi connectivity index (χ3v) is 5.46. The van der Waals surface area contributed by atoms with Crippen molar-refractivity contribution in [3.05, 3.63) is 18.0 Å². The molecule has 0 amide bonds. The molecule has 0 unspecified atom stereocenters. The molecule has 0 aromatic carbocycles. The molecule has 1 aromatic heterocycles. The highest BCUT2D eigenvalue weighted by Crippen LogP contribution is 2.23. The van der Waals surface area contributed by atoms with Crippen LogP contribution >= 0.6 is 0 Å². The Morgan fingerprint density at radius 1 is 1.45 bits per heavy atom. The highest BCUT2D eigenvalue weighted by Gasteiger charge is 2.31. The first-order chi connectivity index (χ1) is 9.34. The van der Waals surface area contributed by atoms with E-state index in [4.69, 9.17) is 9.84 Å². The molecule has 1 aliphatic rings. The first-order valence-corrected chi connectivity index (χ1v) is 7.73. The standard InChI is InChI=1S/C12H18N2O5S/c1-13-8-10(7-11(13)12(15)16)20(17,18)14(2)9-3-5-19-6-4-9/h7-9H,3-6H2,1-2H3,(H,15,16). The summed E-state index contributed by atoms with van der Waals surface area (Å²) >= 11 is 0. The highest BCUT2D eigenvalue weighted by atomic mass is 32.2. The molecule has 1 N–H and O–H groups in total. The smallest absolute Gasteiger partial charge is 0.352 e. The van der Waals surface area contributed by atoms with Crippen LogP contribution in [0.2, 0.25) is 0 Å². The number of ether oxygens (including phenoxy) is 1. The number of carboxylic acids is 1. The van der Waals surface area contributed by atoms with Crippen molar-refractivity contribution in [1.82, 2.24) is 8.87 Å². The average Bonchev–Trinajstić information content (AvgIpc) is 2.82. The predicted molar refractivity (Wildman–Crippen MR) is 71.2 cm³/mol. The average molecular weight is 302 g/mol. The number of carbonyl (C=O) groups is 1. The number of carboxylic acid groups (broad SMARTS) is 1. The van der Waals surface area contributed by atoms with Crippen LogP contribution in [0.5, 0.6) is 0 Å². The summed E-state index contributed by atoms with van der Waals surface area (Å²) in [4.78, 5) is 11.0. The monoisotopic (exact) mass is 302 g/mol. The van der Waals surface area contributed by atoms with Gasteiger partial charge in [0, 0.05) is 39.5 Å². The molecule has 20 heavy (non-hydrogen) atoms. The number of nitrogens with zero attached hydrogens (tertiary/aromatic N) is 2. The van der Waals surface area contributed by atoms with Crippen molar-refractivity contribution < 1.29 is 23.1 Å². The van der Waals surface area contributed by atoms with Crippen LogP contribution in [0.4, 0.5) is 0 Å². The Bertz CT molecular complexity index is 601. The van der Waals surface area contributed by atoms with E-state index in [0.717, 1.165) is 0 Å². The molecule has 0 bridgehead atoms. The summed E-state index contributed by atoms with van der Waals surface area (Å²) < 4.78 is 32.8. The van der Waals surface area contributed by atoms with E-state index in [0.29, 0.717) is 26.1 Å². The zero-order chi connectivity index (χ0) is 14.9. The Morgan fingerprint density at radius 2 is 2.05 bits per heavy atom. The van der Waals surface area contributed by atoms with Gasteiger partial charge in [-0.05, 0) is 18.9 Å². The van der Waals surface area contributed by atoms with Crippen LogP contribution in [0, 0.1) is 0 Å². The summed E-state index contributed by atoms with van der Waals surface area (Å²) in [6.45, 7) is 1.08. The van der Waals surface area contributed by atoms with E-state index < -0.39 is 16.0 Å². The lowest BCUT2D eigenvalue weighted by molar-refractivity contribution is 0.0632. The summed E-state index contributed by atoms with van der Waals surface area (Å²) in [5, 5.41) is 8.99. The Labute approximate surface area is 117 Å². The number of aromatic nitrogens is 1. The second-order valence-corrected chi connectivity index (χ2v) is 6.84. The molecule has 1 aromatic rings. The normalized spacial score (nSPS) is 17.6. The van der Waals surface area contributed by atoms with E-state index in [1.54, 1.807) is 0 Å². The summed E-state index contributed by atoms with van der Waals surface area (Å²) in [7, 11) is -0.643. The van der Waals surface area contributed by atoms with E-state index in [9.17, 15) is 13.2 Å². The zero-order valence-electron chi connectivity index (χ0n) is 11.4. The van der Waals surface area contributed by atoms with E-state index in [1.165, 1.54) is 35.2 Å². The topological polar surface area (TPSA) is 88.8 Å². The van der Waals surface area contributed by atoms with Crippen molar-refractivity contribution >= 4 is 16.0 Å². The maximum Gasteiger partial charge on any atom is 0.352 e. The molecule has 0 atom stereocenters. The summed E-state index contributed by atoms with van der Waals surface area (Å²) in [6.07, 6.45) is 2.62. The number of aryl methyl sites for hydroxylation is 1. The molecule has 0 saturated carbocycles. The van der Waals surface area contributed by atoms with Gasteiger partial charge in [0.15, 0.2) is 0 Å². The summed E-state index contributed by atoms with van der Waals surface area (Å²) in [5.41, 5.74) is -0.0519. The van der Waals surface area contributed by atoms with Gasteiger partial charge in [0.1, 0.15) is 10.6 Å². The van der Waals surface area contributed by atoms with Crippen LogP contribution in [0.15, 0.2) is 17.2 Å². The van der Waals surface area contributed by atoms with Gasteiger partial charge in [-0.15, -0.1) is 0 Å². The Balaban J connectivity index is 2.29.